The highest BCUT2D eigenvalue weighted by atomic mass is 32.2. The Labute approximate surface area is 154 Å². The summed E-state index contributed by atoms with van der Waals surface area (Å²) in [6, 6.07) is 11.9. The summed E-state index contributed by atoms with van der Waals surface area (Å²) in [6.45, 7) is 0. The van der Waals surface area contributed by atoms with Gasteiger partial charge in [0.05, 0.1) is 0 Å². The van der Waals surface area contributed by atoms with E-state index in [0.717, 1.165) is 24.3 Å². The van der Waals surface area contributed by atoms with Gasteiger partial charge < -0.3 is 0 Å². The summed E-state index contributed by atoms with van der Waals surface area (Å²) in [5.74, 6) is 0. The molecule has 0 aliphatic heterocycles. The van der Waals surface area contributed by atoms with Gasteiger partial charge in [-0.15, -0.1) is 0 Å². The van der Waals surface area contributed by atoms with Crippen LogP contribution in [0.2, 0.25) is 0 Å². The topological polar surface area (TPSA) is 173 Å². The Hall–Kier alpha value is -3.61. The van der Waals surface area contributed by atoms with E-state index in [0.29, 0.717) is 0 Å². The third-order valence-electron chi connectivity index (χ3n) is 3.57. The van der Waals surface area contributed by atoms with Crippen LogP contribution < -0.4 is 0 Å². The van der Waals surface area contributed by atoms with Crippen molar-refractivity contribution in [1.29, 1.82) is 0 Å². The van der Waals surface area contributed by atoms with Gasteiger partial charge in [0.25, 0.3) is 0 Å². The van der Waals surface area contributed by atoms with Gasteiger partial charge in [-0.1, -0.05) is 36.4 Å². The minimum Gasteiger partial charge on any atom is -0.257 e. The Morgan fingerprint density at radius 2 is 0.815 bits per heavy atom. The van der Waals surface area contributed by atoms with Gasteiger partial charge in [-0.25, -0.2) is 0 Å². The molecule has 13 heteroatoms. The van der Waals surface area contributed by atoms with E-state index in [-0.39, 0.29) is 0 Å². The van der Waals surface area contributed by atoms with E-state index < -0.39 is 52.6 Å². The summed E-state index contributed by atoms with van der Waals surface area (Å²) in [5.41, 5.74) is -1.09. The number of benzene rings is 2. The lowest BCUT2D eigenvalue weighted by Crippen LogP contribution is -2.49. The first-order valence-corrected chi connectivity index (χ1v) is 7.90. The van der Waals surface area contributed by atoms with E-state index >= 15 is 0 Å². The fraction of sp³-hybridized carbons (Fsp3) is 0.143. The smallest absolute Gasteiger partial charge is 0.257 e. The number of rotatable bonds is 8. The third kappa shape index (κ3) is 3.15. The lowest BCUT2D eigenvalue weighted by Gasteiger charge is -2.21. The molecule has 0 aromatic heterocycles. The third-order valence-corrected chi connectivity index (χ3v) is 5.21. The van der Waals surface area contributed by atoms with Crippen molar-refractivity contribution in [3.63, 3.8) is 0 Å². The van der Waals surface area contributed by atoms with Gasteiger partial charge in [0.1, 0.15) is 30.8 Å². The highest BCUT2D eigenvalue weighted by molar-refractivity contribution is 8.00. The first-order chi connectivity index (χ1) is 12.7. The molecule has 140 valence electrons. The van der Waals surface area contributed by atoms with Gasteiger partial charge in [-0.3, -0.25) is 40.5 Å². The molecule has 2 aromatic carbocycles. The average Bonchev–Trinajstić information content (AvgIpc) is 2.63. The molecule has 0 aliphatic carbocycles. The Balaban J connectivity index is 2.83. The van der Waals surface area contributed by atoms with Crippen LogP contribution in [0.3, 0.4) is 0 Å². The molecular weight excluding hydrogens is 384 g/mol. The van der Waals surface area contributed by atoms with E-state index in [1.165, 1.54) is 36.4 Å². The van der Waals surface area contributed by atoms with Crippen molar-refractivity contribution < 1.29 is 19.7 Å². The zero-order valence-electron chi connectivity index (χ0n) is 13.2. The van der Waals surface area contributed by atoms with Crippen LogP contribution in [0.5, 0.6) is 0 Å². The summed E-state index contributed by atoms with van der Waals surface area (Å²) in [4.78, 5) is 34.6. The van der Waals surface area contributed by atoms with E-state index in [4.69, 9.17) is 0 Å². The van der Waals surface area contributed by atoms with Crippen LogP contribution in [0.15, 0.2) is 60.7 Å². The van der Waals surface area contributed by atoms with Crippen molar-refractivity contribution in [1.82, 2.24) is 0 Å². The van der Waals surface area contributed by atoms with Crippen LogP contribution in [0.4, 0.5) is 0 Å². The van der Waals surface area contributed by atoms with E-state index in [1.54, 1.807) is 0 Å². The van der Waals surface area contributed by atoms with Crippen LogP contribution in [0.1, 0.15) is 11.1 Å². The molecule has 12 nitrogen and oxygen atoms in total. The Kier molecular flexibility index (Phi) is 5.35. The highest BCUT2D eigenvalue weighted by Gasteiger charge is 2.75. The van der Waals surface area contributed by atoms with E-state index in [2.05, 4.69) is 0 Å². The quantitative estimate of drug-likeness (QED) is 0.370. The Morgan fingerprint density at radius 1 is 0.556 bits per heavy atom. The number of hydrogen-bond donors (Lipinski definition) is 0. The van der Waals surface area contributed by atoms with Gasteiger partial charge in [0.2, 0.25) is 0 Å². The second-order valence-corrected chi connectivity index (χ2v) is 6.42. The molecule has 0 spiro atoms. The molecule has 0 unspecified atom stereocenters. The highest BCUT2D eigenvalue weighted by Crippen LogP contribution is 2.50. The summed E-state index contributed by atoms with van der Waals surface area (Å²) in [6.07, 6.45) is 0. The van der Waals surface area contributed by atoms with Crippen LogP contribution in [0.25, 0.3) is 0 Å². The summed E-state index contributed by atoms with van der Waals surface area (Å²) in [5, 5.41) is 46.9. The molecule has 27 heavy (non-hydrogen) atoms. The van der Waals surface area contributed by atoms with Crippen molar-refractivity contribution in [2.75, 3.05) is 0 Å². The van der Waals surface area contributed by atoms with Crippen molar-refractivity contribution >= 4 is 11.8 Å². The molecule has 0 aliphatic rings. The summed E-state index contributed by atoms with van der Waals surface area (Å²) < 4.78 is 0. The molecule has 0 radical (unpaired) electrons. The van der Waals surface area contributed by atoms with E-state index in [9.17, 15) is 40.5 Å². The van der Waals surface area contributed by atoms with Crippen molar-refractivity contribution in [2.45, 2.75) is 9.99 Å². The second-order valence-electron chi connectivity index (χ2n) is 5.08. The maximum atomic E-state index is 11.7. The molecule has 0 bridgehead atoms. The second kappa shape index (κ2) is 7.33. The van der Waals surface area contributed by atoms with Gasteiger partial charge in [-0.2, -0.15) is 0 Å². The number of nitro groups is 4. The summed E-state index contributed by atoms with van der Waals surface area (Å²) >= 11 is -0.573. The van der Waals surface area contributed by atoms with Gasteiger partial charge in [0.15, 0.2) is 11.8 Å². The molecule has 0 saturated carbocycles. The number of hydrogen-bond acceptors (Lipinski definition) is 9. The Morgan fingerprint density at radius 3 is 1.04 bits per heavy atom. The minimum atomic E-state index is -3.38. The predicted octanol–water partition coefficient (Wildman–Crippen LogP) is 2.45. The van der Waals surface area contributed by atoms with Crippen molar-refractivity contribution in [3.05, 3.63) is 112 Å². The van der Waals surface area contributed by atoms with Crippen LogP contribution in [0, 0.1) is 40.5 Å². The standard InChI is InChI=1S/C14H10N4O8S/c19-15(20)13(16(21)22,11-7-3-1-4-8-11)27-14(17(23)24,18(25)26)12-9-5-2-6-10-12/h1-10H. The van der Waals surface area contributed by atoms with Gasteiger partial charge in [-0.05, 0) is 24.3 Å². The largest absolute Gasteiger partial charge is 0.546 e. The normalized spacial score (nSPS) is 11.6. The SMILES string of the molecule is O=[N+]([O-])C(SC(c1ccccc1)([N+](=O)[O-])[N+](=O)[O-])(c1ccccc1)[N+](=O)[O-]. The number of thioether (sulfide) groups is 1. The van der Waals surface area contributed by atoms with Gasteiger partial charge >= 0.3 is 9.99 Å². The fourth-order valence-corrected chi connectivity index (χ4v) is 3.53. The predicted molar refractivity (Wildman–Crippen MR) is 91.8 cm³/mol. The van der Waals surface area contributed by atoms with Gasteiger partial charge in [0, 0.05) is 0 Å². The molecule has 0 heterocycles. The van der Waals surface area contributed by atoms with Crippen LogP contribution in [-0.2, 0) is 9.99 Å². The molecule has 0 fully saturated rings. The molecular formula is C14H10N4O8S. The molecule has 0 N–H and O–H groups in total. The maximum Gasteiger partial charge on any atom is 0.546 e. The first-order valence-electron chi connectivity index (χ1n) is 7.08. The van der Waals surface area contributed by atoms with Crippen LogP contribution in [-0.4, -0.2) is 19.7 Å². The monoisotopic (exact) mass is 394 g/mol. The zero-order valence-corrected chi connectivity index (χ0v) is 14.1. The molecule has 2 rings (SSSR count). The molecule has 2 aromatic rings. The fourth-order valence-electron chi connectivity index (χ4n) is 2.33. The lowest BCUT2D eigenvalue weighted by molar-refractivity contribution is -0.793. The number of nitrogens with zero attached hydrogens (tertiary/aromatic N) is 4. The first kappa shape index (κ1) is 19.7. The summed E-state index contributed by atoms with van der Waals surface area (Å²) in [7, 11) is 0. The van der Waals surface area contributed by atoms with Crippen LogP contribution >= 0.6 is 11.8 Å². The van der Waals surface area contributed by atoms with E-state index in [1.807, 2.05) is 0 Å². The molecule has 0 saturated heterocycles. The van der Waals surface area contributed by atoms with Crippen molar-refractivity contribution in [3.8, 4) is 0 Å². The molecule has 0 amide bonds. The lowest BCUT2D eigenvalue weighted by atomic mass is 10.1. The minimum absolute atomic E-state index is 0.547. The zero-order chi connectivity index (χ0) is 20.2. The average molecular weight is 394 g/mol. The molecule has 0 atom stereocenters. The van der Waals surface area contributed by atoms with Crippen molar-refractivity contribution in [2.24, 2.45) is 0 Å². The Bertz CT molecular complexity index is 791. The maximum absolute atomic E-state index is 11.7.